The standard InChI is InChI=1S/C10H15N3S/c1-7-11-12-9(14)13(7)6-10(4-5-10)8-2-3-8/h8H,2-6H2,1H3,(H,12,14). The largest absolute Gasteiger partial charge is 0.304 e. The first-order chi connectivity index (χ1) is 6.71. The number of aryl methyl sites for hydroxylation is 1. The van der Waals surface area contributed by atoms with Gasteiger partial charge in [-0.1, -0.05) is 0 Å². The van der Waals surface area contributed by atoms with E-state index in [1.165, 1.54) is 25.7 Å². The van der Waals surface area contributed by atoms with Gasteiger partial charge in [0.25, 0.3) is 0 Å². The number of hydrogen-bond donors (Lipinski definition) is 1. The lowest BCUT2D eigenvalue weighted by Gasteiger charge is -2.15. The van der Waals surface area contributed by atoms with Gasteiger partial charge in [-0.05, 0) is 56.2 Å². The minimum absolute atomic E-state index is 0.604. The van der Waals surface area contributed by atoms with E-state index in [2.05, 4.69) is 14.8 Å². The number of aromatic amines is 1. The fourth-order valence-corrected chi connectivity index (χ4v) is 2.69. The average molecular weight is 209 g/mol. The Labute approximate surface area is 88.5 Å². The van der Waals surface area contributed by atoms with Gasteiger partial charge in [-0.25, -0.2) is 0 Å². The Morgan fingerprint density at radius 3 is 2.71 bits per heavy atom. The van der Waals surface area contributed by atoms with E-state index in [1.807, 2.05) is 6.92 Å². The smallest absolute Gasteiger partial charge is 0.195 e. The van der Waals surface area contributed by atoms with Crippen LogP contribution < -0.4 is 0 Å². The Hall–Kier alpha value is -0.640. The molecule has 0 unspecified atom stereocenters. The summed E-state index contributed by atoms with van der Waals surface area (Å²) in [4.78, 5) is 0. The molecule has 0 bridgehead atoms. The molecule has 0 aromatic carbocycles. The maximum Gasteiger partial charge on any atom is 0.195 e. The molecule has 2 aliphatic carbocycles. The summed E-state index contributed by atoms with van der Waals surface area (Å²) in [7, 11) is 0. The number of aromatic nitrogens is 3. The first-order valence-corrected chi connectivity index (χ1v) is 5.74. The third-order valence-corrected chi connectivity index (χ3v) is 4.07. The molecular weight excluding hydrogens is 194 g/mol. The van der Waals surface area contributed by atoms with Crippen LogP contribution in [0.1, 0.15) is 31.5 Å². The van der Waals surface area contributed by atoms with E-state index in [9.17, 15) is 0 Å². The number of nitrogens with zero attached hydrogens (tertiary/aromatic N) is 2. The Morgan fingerprint density at radius 2 is 2.29 bits per heavy atom. The number of hydrogen-bond acceptors (Lipinski definition) is 2. The highest BCUT2D eigenvalue weighted by molar-refractivity contribution is 7.71. The summed E-state index contributed by atoms with van der Waals surface area (Å²) in [5, 5.41) is 7.02. The van der Waals surface area contributed by atoms with Crippen molar-refractivity contribution < 1.29 is 0 Å². The molecule has 1 aromatic heterocycles. The monoisotopic (exact) mass is 209 g/mol. The molecule has 0 atom stereocenters. The van der Waals surface area contributed by atoms with Crippen molar-refractivity contribution >= 4 is 12.2 Å². The van der Waals surface area contributed by atoms with Crippen molar-refractivity contribution in [2.24, 2.45) is 11.3 Å². The number of H-pyrrole nitrogens is 1. The average Bonchev–Trinajstić information content (AvgIpc) is 3.00. The van der Waals surface area contributed by atoms with Crippen molar-refractivity contribution in [2.45, 2.75) is 39.2 Å². The zero-order valence-corrected chi connectivity index (χ0v) is 9.23. The number of rotatable bonds is 3. The second kappa shape index (κ2) is 2.69. The van der Waals surface area contributed by atoms with Crippen LogP contribution in [0.4, 0.5) is 0 Å². The minimum atomic E-state index is 0.604. The zero-order valence-electron chi connectivity index (χ0n) is 8.42. The quantitative estimate of drug-likeness (QED) is 0.776. The van der Waals surface area contributed by atoms with E-state index >= 15 is 0 Å². The fourth-order valence-electron chi connectivity index (χ4n) is 2.45. The third kappa shape index (κ3) is 1.24. The summed E-state index contributed by atoms with van der Waals surface area (Å²) < 4.78 is 2.95. The molecule has 0 radical (unpaired) electrons. The van der Waals surface area contributed by atoms with E-state index in [1.54, 1.807) is 0 Å². The molecule has 3 rings (SSSR count). The van der Waals surface area contributed by atoms with Crippen molar-refractivity contribution in [3.8, 4) is 0 Å². The van der Waals surface area contributed by atoms with Gasteiger partial charge in [-0.15, -0.1) is 0 Å². The predicted molar refractivity (Wildman–Crippen MR) is 56.5 cm³/mol. The highest BCUT2D eigenvalue weighted by Gasteiger charge is 2.53. The molecule has 0 saturated heterocycles. The molecule has 1 heterocycles. The molecule has 76 valence electrons. The molecule has 0 aliphatic heterocycles. The van der Waals surface area contributed by atoms with Crippen LogP contribution in [0.2, 0.25) is 0 Å². The molecule has 14 heavy (non-hydrogen) atoms. The second-order valence-electron chi connectivity index (χ2n) is 4.80. The predicted octanol–water partition coefficient (Wildman–Crippen LogP) is 2.44. The Balaban J connectivity index is 1.87. The van der Waals surface area contributed by atoms with Crippen LogP contribution in [0, 0.1) is 23.0 Å². The van der Waals surface area contributed by atoms with Gasteiger partial charge in [0.05, 0.1) is 0 Å². The summed E-state index contributed by atoms with van der Waals surface area (Å²) >= 11 is 5.22. The van der Waals surface area contributed by atoms with Crippen molar-refractivity contribution in [3.05, 3.63) is 10.6 Å². The highest BCUT2D eigenvalue weighted by Crippen LogP contribution is 2.62. The van der Waals surface area contributed by atoms with Gasteiger partial charge in [0.15, 0.2) is 4.77 Å². The van der Waals surface area contributed by atoms with Crippen LogP contribution in [0.15, 0.2) is 0 Å². The molecule has 2 saturated carbocycles. The van der Waals surface area contributed by atoms with Crippen molar-refractivity contribution in [1.29, 1.82) is 0 Å². The molecule has 4 heteroatoms. The fraction of sp³-hybridized carbons (Fsp3) is 0.800. The van der Waals surface area contributed by atoms with Crippen molar-refractivity contribution in [3.63, 3.8) is 0 Å². The SMILES string of the molecule is Cc1n[nH]c(=S)n1CC1(C2CC2)CC1. The summed E-state index contributed by atoms with van der Waals surface area (Å²) in [5.41, 5.74) is 0.604. The number of nitrogens with one attached hydrogen (secondary N) is 1. The van der Waals surface area contributed by atoms with E-state index in [-0.39, 0.29) is 0 Å². The maximum atomic E-state index is 5.22. The van der Waals surface area contributed by atoms with Gasteiger partial charge < -0.3 is 4.57 Å². The topological polar surface area (TPSA) is 33.6 Å². The lowest BCUT2D eigenvalue weighted by Crippen LogP contribution is -2.15. The van der Waals surface area contributed by atoms with Crippen LogP contribution in [-0.2, 0) is 6.54 Å². The zero-order chi connectivity index (χ0) is 9.76. The normalized spacial score (nSPS) is 23.8. The molecule has 2 aliphatic rings. The summed E-state index contributed by atoms with van der Waals surface area (Å²) in [6, 6.07) is 0. The Kier molecular flexibility index (Phi) is 1.66. The lowest BCUT2D eigenvalue weighted by molar-refractivity contribution is 0.364. The van der Waals surface area contributed by atoms with Gasteiger partial charge in [-0.3, -0.25) is 5.10 Å². The second-order valence-corrected chi connectivity index (χ2v) is 5.19. The molecular formula is C10H15N3S. The van der Waals surface area contributed by atoms with E-state index in [0.717, 1.165) is 23.1 Å². The van der Waals surface area contributed by atoms with E-state index in [0.29, 0.717) is 5.41 Å². The van der Waals surface area contributed by atoms with E-state index in [4.69, 9.17) is 12.2 Å². The van der Waals surface area contributed by atoms with Crippen LogP contribution in [0.25, 0.3) is 0 Å². The molecule has 1 aromatic rings. The van der Waals surface area contributed by atoms with E-state index < -0.39 is 0 Å². The van der Waals surface area contributed by atoms with Crippen LogP contribution in [0.5, 0.6) is 0 Å². The highest BCUT2D eigenvalue weighted by atomic mass is 32.1. The van der Waals surface area contributed by atoms with Gasteiger partial charge >= 0.3 is 0 Å². The van der Waals surface area contributed by atoms with Gasteiger partial charge in [0.1, 0.15) is 5.82 Å². The molecule has 3 nitrogen and oxygen atoms in total. The van der Waals surface area contributed by atoms with Crippen molar-refractivity contribution in [1.82, 2.24) is 14.8 Å². The first-order valence-electron chi connectivity index (χ1n) is 5.33. The Bertz CT molecular complexity index is 409. The lowest BCUT2D eigenvalue weighted by atomic mass is 10.0. The van der Waals surface area contributed by atoms with Crippen molar-refractivity contribution in [2.75, 3.05) is 0 Å². The summed E-state index contributed by atoms with van der Waals surface area (Å²) in [5.74, 6) is 2.01. The minimum Gasteiger partial charge on any atom is -0.304 e. The first kappa shape index (κ1) is 8.65. The summed E-state index contributed by atoms with van der Waals surface area (Å²) in [6.45, 7) is 3.12. The Morgan fingerprint density at radius 1 is 1.57 bits per heavy atom. The van der Waals surface area contributed by atoms with Crippen LogP contribution >= 0.6 is 12.2 Å². The van der Waals surface area contributed by atoms with Gasteiger partial charge in [0.2, 0.25) is 0 Å². The van der Waals surface area contributed by atoms with Crippen LogP contribution in [-0.4, -0.2) is 14.8 Å². The van der Waals surface area contributed by atoms with Gasteiger partial charge in [-0.2, -0.15) is 5.10 Å². The third-order valence-electron chi connectivity index (χ3n) is 3.76. The maximum absolute atomic E-state index is 5.22. The molecule has 0 amide bonds. The molecule has 2 fully saturated rings. The van der Waals surface area contributed by atoms with Crippen LogP contribution in [0.3, 0.4) is 0 Å². The summed E-state index contributed by atoms with van der Waals surface area (Å²) in [6.07, 6.45) is 5.66. The molecule has 1 N–H and O–H groups in total. The van der Waals surface area contributed by atoms with Gasteiger partial charge in [0, 0.05) is 6.54 Å². The molecule has 0 spiro atoms.